The van der Waals surface area contributed by atoms with Gasteiger partial charge in [0.05, 0.1) is 0 Å². The van der Waals surface area contributed by atoms with Crippen molar-refractivity contribution >= 4 is 71.5 Å². The van der Waals surface area contributed by atoms with Gasteiger partial charge in [0.2, 0.25) is 0 Å². The summed E-state index contributed by atoms with van der Waals surface area (Å²) in [6, 6.07) is 97.0. The molecule has 0 saturated heterocycles. The molecule has 0 heterocycles. The van der Waals surface area contributed by atoms with Crippen LogP contribution in [0.1, 0.15) is 0 Å². The summed E-state index contributed by atoms with van der Waals surface area (Å²) in [6.45, 7) is 0. The van der Waals surface area contributed by atoms with Crippen LogP contribution in [-0.4, -0.2) is 0 Å². The predicted octanol–water partition coefficient (Wildman–Crippen LogP) is 9.83. The third-order valence-electron chi connectivity index (χ3n) is 9.13. The molecule has 0 aliphatic heterocycles. The zero-order chi connectivity index (χ0) is 40.7. The Morgan fingerprint density at radius 2 is 0.250 bits per heavy atom. The van der Waals surface area contributed by atoms with Crippen molar-refractivity contribution in [1.82, 2.24) is 0 Å². The molecule has 0 N–H and O–H groups in total. The summed E-state index contributed by atoms with van der Waals surface area (Å²) < 4.78 is 0. The first-order chi connectivity index (χ1) is 29.3. The summed E-state index contributed by atoms with van der Waals surface area (Å²) in [5.41, 5.74) is 0. The minimum atomic E-state index is -0.446. The Kier molecular flexibility index (Phi) is 19.5. The van der Waals surface area contributed by atoms with Crippen molar-refractivity contribution in [3.05, 3.63) is 273 Å². The minimum Gasteiger partial charge on any atom is -0.0622 e. The molecule has 0 radical (unpaired) electrons. The van der Waals surface area contributed by atoms with E-state index in [0.717, 1.165) is 0 Å². The van der Waals surface area contributed by atoms with Gasteiger partial charge in [-0.1, -0.05) is 273 Å². The Labute approximate surface area is 372 Å². The molecular formula is C54H47N2P3Ru. The SMILES string of the molecule is N#N.[RuH2].c1ccc(P(c2ccccc2)c2ccccc2)cc1.c1ccc(P(c2ccccc2)c2ccccc2)cc1.c1ccc(P(c2ccccc2)c2ccccc2)cc1. The van der Waals surface area contributed by atoms with Crippen LogP contribution in [0.15, 0.2) is 273 Å². The summed E-state index contributed by atoms with van der Waals surface area (Å²) in [5.74, 6) is 0. The Morgan fingerprint density at radius 1 is 0.167 bits per heavy atom. The van der Waals surface area contributed by atoms with E-state index in [-0.39, 0.29) is 19.5 Å². The van der Waals surface area contributed by atoms with Gasteiger partial charge in [0.25, 0.3) is 0 Å². The first-order valence-corrected chi connectivity index (χ1v) is 23.4. The Bertz CT molecular complexity index is 1920. The van der Waals surface area contributed by atoms with Crippen molar-refractivity contribution in [2.24, 2.45) is 0 Å². The molecule has 0 amide bonds. The number of hydrogen-bond acceptors (Lipinski definition) is 2. The Morgan fingerprint density at radius 3 is 0.333 bits per heavy atom. The van der Waals surface area contributed by atoms with Crippen LogP contribution in [0.25, 0.3) is 0 Å². The maximum absolute atomic E-state index is 6.00. The van der Waals surface area contributed by atoms with Crippen LogP contribution in [0, 0.1) is 10.8 Å². The van der Waals surface area contributed by atoms with E-state index in [2.05, 4.69) is 273 Å². The van der Waals surface area contributed by atoms with Gasteiger partial charge in [-0.3, -0.25) is 0 Å². The van der Waals surface area contributed by atoms with E-state index in [1.807, 2.05) is 0 Å². The van der Waals surface area contributed by atoms with E-state index in [1.165, 1.54) is 47.7 Å². The molecule has 9 rings (SSSR count). The molecule has 0 aromatic heterocycles. The standard InChI is InChI=1S/3C18H15P.N2.Ru.2H/c3*1-4-10-16(11-5-1)19(17-12-6-2-7-13-17)18-14-8-3-9-15-18;1-2;;;/h3*1-15H;;;;. The molecule has 0 fully saturated rings. The van der Waals surface area contributed by atoms with Crippen LogP contribution in [0.3, 0.4) is 0 Å². The zero-order valence-electron chi connectivity index (χ0n) is 33.1. The molecule has 9 aromatic carbocycles. The fourth-order valence-corrected chi connectivity index (χ4v) is 13.5. The Balaban J connectivity index is 0.000000166. The van der Waals surface area contributed by atoms with Crippen molar-refractivity contribution in [3.63, 3.8) is 0 Å². The van der Waals surface area contributed by atoms with Crippen LogP contribution in [-0.2, 0) is 19.5 Å². The van der Waals surface area contributed by atoms with Gasteiger partial charge in [0, 0.05) is 10.8 Å². The number of hydrogen-bond donors (Lipinski definition) is 0. The van der Waals surface area contributed by atoms with Crippen molar-refractivity contribution in [2.75, 3.05) is 0 Å². The van der Waals surface area contributed by atoms with Crippen LogP contribution >= 0.6 is 23.8 Å². The van der Waals surface area contributed by atoms with E-state index < -0.39 is 23.8 Å². The molecule has 0 aliphatic rings. The quantitative estimate of drug-likeness (QED) is 0.0823. The Hall–Kier alpha value is -5.69. The second-order valence-corrected chi connectivity index (χ2v) is 19.7. The molecule has 6 heteroatoms. The number of benzene rings is 9. The molecule has 296 valence electrons. The van der Waals surface area contributed by atoms with Crippen LogP contribution in [0.2, 0.25) is 0 Å². The minimum absolute atomic E-state index is 0. The zero-order valence-corrected chi connectivity index (χ0v) is 37.8. The summed E-state index contributed by atoms with van der Waals surface area (Å²) in [5, 5.41) is 24.6. The molecule has 0 unspecified atom stereocenters. The van der Waals surface area contributed by atoms with Gasteiger partial charge in [-0.05, 0) is 71.5 Å². The average molecular weight is 918 g/mol. The van der Waals surface area contributed by atoms with E-state index in [4.69, 9.17) is 10.8 Å². The topological polar surface area (TPSA) is 47.6 Å². The van der Waals surface area contributed by atoms with Gasteiger partial charge >= 0.3 is 19.5 Å². The summed E-state index contributed by atoms with van der Waals surface area (Å²) >= 11 is 0. The van der Waals surface area contributed by atoms with Crippen molar-refractivity contribution in [3.8, 4) is 0 Å². The average Bonchev–Trinajstić information content (AvgIpc) is 3.34. The maximum Gasteiger partial charge on any atom is -0.0134 e. The first-order valence-electron chi connectivity index (χ1n) is 19.4. The molecule has 0 spiro atoms. The fourth-order valence-electron chi connectivity index (χ4n) is 6.54. The second kappa shape index (κ2) is 25.7. The molecule has 0 saturated carbocycles. The van der Waals surface area contributed by atoms with Crippen LogP contribution in [0.4, 0.5) is 0 Å². The van der Waals surface area contributed by atoms with Gasteiger partial charge < -0.3 is 0 Å². The number of nitrogens with zero attached hydrogens (tertiary/aromatic N) is 2. The number of rotatable bonds is 9. The van der Waals surface area contributed by atoms with Crippen LogP contribution < -0.4 is 47.7 Å². The van der Waals surface area contributed by atoms with Gasteiger partial charge in [-0.25, -0.2) is 0 Å². The predicted molar refractivity (Wildman–Crippen MR) is 262 cm³/mol. The van der Waals surface area contributed by atoms with Crippen molar-refractivity contribution < 1.29 is 19.5 Å². The summed E-state index contributed by atoms with van der Waals surface area (Å²) in [7, 11) is -1.34. The first kappa shape index (κ1) is 45.4. The van der Waals surface area contributed by atoms with E-state index in [9.17, 15) is 0 Å². The molecule has 0 bridgehead atoms. The summed E-state index contributed by atoms with van der Waals surface area (Å²) in [6.07, 6.45) is 0. The smallest absolute Gasteiger partial charge is 0.0134 e. The van der Waals surface area contributed by atoms with Crippen molar-refractivity contribution in [1.29, 1.82) is 10.8 Å². The fraction of sp³-hybridized carbons (Fsp3) is 0. The van der Waals surface area contributed by atoms with Crippen LogP contribution in [0.5, 0.6) is 0 Å². The third kappa shape index (κ3) is 13.2. The van der Waals surface area contributed by atoms with E-state index >= 15 is 0 Å². The molecule has 60 heavy (non-hydrogen) atoms. The summed E-state index contributed by atoms with van der Waals surface area (Å²) in [4.78, 5) is 0. The molecule has 0 aliphatic carbocycles. The van der Waals surface area contributed by atoms with Gasteiger partial charge in [0.1, 0.15) is 0 Å². The van der Waals surface area contributed by atoms with E-state index in [1.54, 1.807) is 0 Å². The largest absolute Gasteiger partial charge is 0.0622 e. The van der Waals surface area contributed by atoms with Gasteiger partial charge in [-0.2, -0.15) is 0 Å². The normalized spacial score (nSPS) is 10.1. The second-order valence-electron chi connectivity index (χ2n) is 13.0. The van der Waals surface area contributed by atoms with Crippen molar-refractivity contribution in [2.45, 2.75) is 0 Å². The molecule has 0 atom stereocenters. The molecular weight excluding hydrogens is 871 g/mol. The van der Waals surface area contributed by atoms with E-state index in [0.29, 0.717) is 0 Å². The monoisotopic (exact) mass is 918 g/mol. The third-order valence-corrected chi connectivity index (χ3v) is 16.5. The molecule has 9 aromatic rings. The van der Waals surface area contributed by atoms with Gasteiger partial charge in [0.15, 0.2) is 0 Å². The van der Waals surface area contributed by atoms with Gasteiger partial charge in [-0.15, -0.1) is 0 Å². The molecule has 2 nitrogen and oxygen atoms in total. The maximum atomic E-state index is 6.00.